The van der Waals surface area contributed by atoms with Crippen molar-refractivity contribution in [1.82, 2.24) is 0 Å². The molecule has 0 aliphatic carbocycles. The van der Waals surface area contributed by atoms with Crippen LogP contribution in [0.15, 0.2) is 24.3 Å². The molecule has 2 unspecified atom stereocenters. The van der Waals surface area contributed by atoms with Crippen LogP contribution >= 0.6 is 46.1 Å². The molecule has 1 fully saturated rings. The number of hydrogen-bond donors (Lipinski definition) is 0. The van der Waals surface area contributed by atoms with Crippen LogP contribution in [0.2, 0.25) is 13.7 Å². The van der Waals surface area contributed by atoms with Gasteiger partial charge < -0.3 is 9.47 Å². The fourth-order valence-corrected chi connectivity index (χ4v) is 4.59. The Balaban J connectivity index is 2.03. The molecule has 0 saturated carbocycles. The Morgan fingerprint density at radius 1 is 1.25 bits per heavy atom. The van der Waals surface area contributed by atoms with Crippen LogP contribution in [0.4, 0.5) is 0 Å². The summed E-state index contributed by atoms with van der Waals surface area (Å²) in [7, 11) is 0. The molecule has 1 saturated heterocycles. The van der Waals surface area contributed by atoms with Crippen molar-refractivity contribution in [3.8, 4) is 0 Å². The zero-order chi connectivity index (χ0) is 17.1. The Bertz CT molecular complexity index is 726. The van der Waals surface area contributed by atoms with Crippen LogP contribution in [0.1, 0.15) is 46.9 Å². The second kappa shape index (κ2) is 8.17. The first-order valence-electron chi connectivity index (χ1n) is 7.55. The van der Waals surface area contributed by atoms with E-state index in [2.05, 4.69) is 0 Å². The topological polar surface area (TPSA) is 35.5 Å². The molecule has 0 radical (unpaired) electrons. The van der Waals surface area contributed by atoms with Crippen molar-refractivity contribution in [3.05, 3.63) is 54.7 Å². The van der Waals surface area contributed by atoms with Crippen LogP contribution in [0.3, 0.4) is 0 Å². The predicted molar refractivity (Wildman–Crippen MR) is 97.7 cm³/mol. The summed E-state index contributed by atoms with van der Waals surface area (Å²) in [5.74, 6) is 0. The summed E-state index contributed by atoms with van der Waals surface area (Å²) in [4.78, 5) is 11.5. The van der Waals surface area contributed by atoms with Crippen molar-refractivity contribution < 1.29 is 14.3 Å². The van der Waals surface area contributed by atoms with Gasteiger partial charge in [-0.05, 0) is 37.0 Å². The summed E-state index contributed by atoms with van der Waals surface area (Å²) in [6.07, 6.45) is 2.64. The standard InChI is InChI=1S/C17H15Cl3O3S/c18-11-5-3-4-10(8-11)15(23-13-6-1-2-7-22-13)14-12(9-21)16(19)24-17(14)20/h3-5,8-9,13,15H,1-2,6-7H2. The highest BCUT2D eigenvalue weighted by molar-refractivity contribution is 7.20. The van der Waals surface area contributed by atoms with Crippen molar-refractivity contribution >= 4 is 52.4 Å². The summed E-state index contributed by atoms with van der Waals surface area (Å²) in [6.45, 7) is 0.658. The Labute approximate surface area is 159 Å². The minimum atomic E-state index is -0.566. The van der Waals surface area contributed by atoms with Gasteiger partial charge >= 0.3 is 0 Å². The van der Waals surface area contributed by atoms with E-state index in [1.54, 1.807) is 12.1 Å². The van der Waals surface area contributed by atoms with Gasteiger partial charge in [0, 0.05) is 17.2 Å². The van der Waals surface area contributed by atoms with E-state index in [4.69, 9.17) is 44.3 Å². The first-order chi connectivity index (χ1) is 11.6. The van der Waals surface area contributed by atoms with Gasteiger partial charge in [-0.2, -0.15) is 0 Å². The van der Waals surface area contributed by atoms with Crippen molar-refractivity contribution in [3.63, 3.8) is 0 Å². The average Bonchev–Trinajstić information content (AvgIpc) is 2.87. The molecule has 1 aromatic heterocycles. The van der Waals surface area contributed by atoms with Crippen molar-refractivity contribution in [2.24, 2.45) is 0 Å². The number of ether oxygens (including phenoxy) is 2. The lowest BCUT2D eigenvalue weighted by Crippen LogP contribution is -2.25. The maximum Gasteiger partial charge on any atom is 0.158 e. The number of hydrogen-bond acceptors (Lipinski definition) is 4. The lowest BCUT2D eigenvalue weighted by Gasteiger charge is -2.28. The number of carbonyl (C=O) groups excluding carboxylic acids is 1. The first-order valence-corrected chi connectivity index (χ1v) is 9.50. The van der Waals surface area contributed by atoms with Gasteiger partial charge in [-0.15, -0.1) is 11.3 Å². The van der Waals surface area contributed by atoms with E-state index in [9.17, 15) is 4.79 Å². The molecule has 2 aromatic rings. The lowest BCUT2D eigenvalue weighted by atomic mass is 10.0. The number of halogens is 3. The normalized spacial score (nSPS) is 19.2. The second-order valence-electron chi connectivity index (χ2n) is 5.46. The summed E-state index contributed by atoms with van der Waals surface area (Å²) in [6, 6.07) is 7.29. The van der Waals surface area contributed by atoms with E-state index < -0.39 is 6.10 Å². The van der Waals surface area contributed by atoms with Crippen LogP contribution in [-0.4, -0.2) is 19.2 Å². The van der Waals surface area contributed by atoms with Gasteiger partial charge in [0.15, 0.2) is 12.6 Å². The van der Waals surface area contributed by atoms with E-state index >= 15 is 0 Å². The van der Waals surface area contributed by atoms with E-state index in [-0.39, 0.29) is 6.29 Å². The van der Waals surface area contributed by atoms with E-state index in [0.717, 1.165) is 36.2 Å². The Morgan fingerprint density at radius 3 is 2.75 bits per heavy atom. The molecule has 1 aliphatic heterocycles. The van der Waals surface area contributed by atoms with Crippen molar-refractivity contribution in [2.45, 2.75) is 31.7 Å². The minimum absolute atomic E-state index is 0.350. The summed E-state index contributed by atoms with van der Waals surface area (Å²) >= 11 is 19.8. The highest BCUT2D eigenvalue weighted by Crippen LogP contribution is 2.43. The van der Waals surface area contributed by atoms with E-state index in [1.807, 2.05) is 12.1 Å². The molecule has 3 nitrogen and oxygen atoms in total. The number of carbonyl (C=O) groups is 1. The molecular weight excluding hydrogens is 391 g/mol. The van der Waals surface area contributed by atoms with Gasteiger partial charge in [0.05, 0.1) is 5.56 Å². The molecule has 1 aromatic carbocycles. The Kier molecular flexibility index (Phi) is 6.19. The van der Waals surface area contributed by atoms with E-state index in [1.165, 1.54) is 0 Å². The first kappa shape index (κ1) is 18.2. The highest BCUT2D eigenvalue weighted by atomic mass is 35.5. The summed E-state index contributed by atoms with van der Waals surface area (Å²) in [5, 5.41) is 0.579. The molecule has 24 heavy (non-hydrogen) atoms. The van der Waals surface area contributed by atoms with Gasteiger partial charge in [-0.25, -0.2) is 0 Å². The SMILES string of the molecule is O=Cc1c(Cl)sc(Cl)c1C(OC1CCCCO1)c1cccc(Cl)c1. The molecular formula is C17H15Cl3O3S. The fraction of sp³-hybridized carbons (Fsp3) is 0.353. The fourth-order valence-electron chi connectivity index (χ4n) is 2.71. The number of thiophene rings is 1. The van der Waals surface area contributed by atoms with Crippen LogP contribution < -0.4 is 0 Å². The van der Waals surface area contributed by atoms with Gasteiger partial charge in [0.1, 0.15) is 14.8 Å². The smallest absolute Gasteiger partial charge is 0.158 e. The van der Waals surface area contributed by atoms with Gasteiger partial charge in [-0.3, -0.25) is 4.79 Å². The number of aldehydes is 1. The summed E-state index contributed by atoms with van der Waals surface area (Å²) < 4.78 is 12.6. The molecule has 128 valence electrons. The maximum atomic E-state index is 11.5. The third-order valence-corrected chi connectivity index (χ3v) is 5.75. The predicted octanol–water partition coefficient (Wildman–Crippen LogP) is 6.15. The molecule has 2 heterocycles. The van der Waals surface area contributed by atoms with Gasteiger partial charge in [-0.1, -0.05) is 46.9 Å². The minimum Gasteiger partial charge on any atom is -0.353 e. The van der Waals surface area contributed by atoms with Crippen LogP contribution in [-0.2, 0) is 9.47 Å². The van der Waals surface area contributed by atoms with Gasteiger partial charge in [0.25, 0.3) is 0 Å². The molecule has 0 spiro atoms. The summed E-state index contributed by atoms with van der Waals surface area (Å²) in [5.41, 5.74) is 1.72. The molecule has 0 amide bonds. The second-order valence-corrected chi connectivity index (χ2v) is 8.12. The highest BCUT2D eigenvalue weighted by Gasteiger charge is 2.29. The van der Waals surface area contributed by atoms with Gasteiger partial charge in [0.2, 0.25) is 0 Å². The monoisotopic (exact) mass is 404 g/mol. The molecule has 2 atom stereocenters. The number of benzene rings is 1. The largest absolute Gasteiger partial charge is 0.353 e. The molecule has 3 rings (SSSR count). The maximum absolute atomic E-state index is 11.5. The third kappa shape index (κ3) is 3.96. The van der Waals surface area contributed by atoms with Crippen LogP contribution in [0.25, 0.3) is 0 Å². The third-order valence-electron chi connectivity index (χ3n) is 3.85. The van der Waals surface area contributed by atoms with Crippen LogP contribution in [0, 0.1) is 0 Å². The molecule has 0 bridgehead atoms. The molecule has 1 aliphatic rings. The zero-order valence-corrected chi connectivity index (χ0v) is 15.7. The Morgan fingerprint density at radius 2 is 2.08 bits per heavy atom. The van der Waals surface area contributed by atoms with Crippen LogP contribution in [0.5, 0.6) is 0 Å². The zero-order valence-electron chi connectivity index (χ0n) is 12.6. The quantitative estimate of drug-likeness (QED) is 0.559. The number of rotatable bonds is 5. The van der Waals surface area contributed by atoms with Crippen molar-refractivity contribution in [2.75, 3.05) is 6.61 Å². The Hall–Kier alpha value is -0.620. The lowest BCUT2D eigenvalue weighted by molar-refractivity contribution is -0.181. The molecule has 7 heteroatoms. The van der Waals surface area contributed by atoms with Crippen molar-refractivity contribution in [1.29, 1.82) is 0 Å². The van der Waals surface area contributed by atoms with E-state index in [0.29, 0.717) is 37.7 Å². The average molecular weight is 406 g/mol. The molecule has 0 N–H and O–H groups in total.